The summed E-state index contributed by atoms with van der Waals surface area (Å²) in [5.41, 5.74) is 7.19. The number of carbonyl (C=O) groups is 8. The molecule has 0 bridgehead atoms. The van der Waals surface area contributed by atoms with E-state index in [2.05, 4.69) is 41.9 Å². The number of nitrogens with two attached hydrogens (primary N) is 1. The number of rotatable bonds is 8. The number of phenolic OH excluding ortho intramolecular Hbond substituents is 1. The van der Waals surface area contributed by atoms with E-state index in [1.54, 1.807) is 32.9 Å². The van der Waals surface area contributed by atoms with E-state index in [1.807, 2.05) is 6.92 Å². The van der Waals surface area contributed by atoms with Gasteiger partial charge in [-0.25, -0.2) is 9.78 Å². The number of hydrogen-bond acceptors (Lipinski definition) is 11. The van der Waals surface area contributed by atoms with Gasteiger partial charge in [-0.1, -0.05) is 46.2 Å². The predicted octanol–water partition coefficient (Wildman–Crippen LogP) is -0.490. The SMILES string of the molecule is CC[C@H](C)[C@@H]1NC(=O)[C@H](Cc2ccc(O)cc2)NC(=O)[C@H](C(C)C)NC(=O)[C@@H](N)CCC(=O)NCCCC[C@@H](C(=O)O)NC(=O)[C@@H]2CCCN2C(=O)[C@H](Cc2cnc[nH]2)NC1=O. The summed E-state index contributed by atoms with van der Waals surface area (Å²) >= 11 is 0. The van der Waals surface area contributed by atoms with Gasteiger partial charge < -0.3 is 57.7 Å². The van der Waals surface area contributed by atoms with Crippen molar-refractivity contribution in [3.8, 4) is 5.75 Å². The first kappa shape index (κ1) is 48.6. The zero-order valence-electron chi connectivity index (χ0n) is 35.8. The minimum atomic E-state index is -1.30. The first-order valence-electron chi connectivity index (χ1n) is 21.3. The highest BCUT2D eigenvalue weighted by Crippen LogP contribution is 2.21. The Morgan fingerprint density at radius 1 is 0.806 bits per heavy atom. The van der Waals surface area contributed by atoms with Crippen LogP contribution >= 0.6 is 0 Å². The number of hydrogen-bond donors (Lipinski definition) is 10. The number of imidazole rings is 1. The van der Waals surface area contributed by atoms with Crippen molar-refractivity contribution in [1.82, 2.24) is 46.8 Å². The van der Waals surface area contributed by atoms with Crippen LogP contribution in [0, 0.1) is 11.8 Å². The van der Waals surface area contributed by atoms with E-state index in [0.29, 0.717) is 36.9 Å². The molecule has 1 aromatic carbocycles. The summed E-state index contributed by atoms with van der Waals surface area (Å²) in [6.07, 6.45) is 4.46. The molecule has 20 nitrogen and oxygen atoms in total. The maximum Gasteiger partial charge on any atom is 0.326 e. The Kier molecular flexibility index (Phi) is 18.2. The van der Waals surface area contributed by atoms with Crippen molar-refractivity contribution in [3.63, 3.8) is 0 Å². The second-order valence-corrected chi connectivity index (χ2v) is 16.5. The summed E-state index contributed by atoms with van der Waals surface area (Å²) in [6, 6.07) is -2.41. The molecule has 7 amide bonds. The summed E-state index contributed by atoms with van der Waals surface area (Å²) in [5.74, 6) is -6.77. The normalized spacial score (nSPS) is 26.5. The molecule has 340 valence electrons. The van der Waals surface area contributed by atoms with Crippen molar-refractivity contribution < 1.29 is 48.6 Å². The summed E-state index contributed by atoms with van der Waals surface area (Å²) in [4.78, 5) is 117. The number of aromatic amines is 1. The second kappa shape index (κ2) is 23.2. The average Bonchev–Trinajstić information content (AvgIpc) is 3.95. The molecule has 0 aliphatic carbocycles. The van der Waals surface area contributed by atoms with Crippen LogP contribution in [-0.2, 0) is 51.2 Å². The molecule has 2 aliphatic heterocycles. The number of carboxylic acids is 1. The zero-order chi connectivity index (χ0) is 45.5. The maximum absolute atomic E-state index is 14.4. The van der Waals surface area contributed by atoms with E-state index in [0.717, 1.165) is 0 Å². The van der Waals surface area contributed by atoms with Gasteiger partial charge in [0.25, 0.3) is 0 Å². The molecule has 2 aromatic rings. The second-order valence-electron chi connectivity index (χ2n) is 16.5. The lowest BCUT2D eigenvalue weighted by Crippen LogP contribution is -2.61. The molecule has 4 rings (SSSR count). The van der Waals surface area contributed by atoms with Gasteiger partial charge in [0.15, 0.2) is 0 Å². The first-order valence-corrected chi connectivity index (χ1v) is 21.3. The van der Waals surface area contributed by atoms with Crippen molar-refractivity contribution in [2.45, 2.75) is 134 Å². The lowest BCUT2D eigenvalue weighted by molar-refractivity contribution is -0.145. The van der Waals surface area contributed by atoms with Gasteiger partial charge in [-0.05, 0) is 68.1 Å². The number of aliphatic carboxylic acids is 1. The number of carbonyl (C=O) groups excluding carboxylic acids is 7. The molecular weight excluding hydrogens is 805 g/mol. The van der Waals surface area contributed by atoms with Crippen LogP contribution in [-0.4, -0.2) is 128 Å². The molecule has 11 N–H and O–H groups in total. The van der Waals surface area contributed by atoms with E-state index < -0.39 is 101 Å². The third-order valence-electron chi connectivity index (χ3n) is 11.4. The molecule has 2 fully saturated rings. The Morgan fingerprint density at radius 3 is 2.13 bits per heavy atom. The number of amides is 7. The number of phenols is 1. The smallest absolute Gasteiger partial charge is 0.326 e. The fourth-order valence-electron chi connectivity index (χ4n) is 7.40. The van der Waals surface area contributed by atoms with Crippen LogP contribution in [0.25, 0.3) is 0 Å². The van der Waals surface area contributed by atoms with Gasteiger partial charge >= 0.3 is 5.97 Å². The van der Waals surface area contributed by atoms with Gasteiger partial charge in [-0.3, -0.25) is 33.6 Å². The number of fused-ring (bicyclic) bond motifs is 1. The number of benzene rings is 1. The van der Waals surface area contributed by atoms with E-state index >= 15 is 0 Å². The summed E-state index contributed by atoms with van der Waals surface area (Å²) < 4.78 is 0. The Labute approximate surface area is 360 Å². The van der Waals surface area contributed by atoms with Gasteiger partial charge in [-0.2, -0.15) is 0 Å². The molecule has 1 aromatic heterocycles. The van der Waals surface area contributed by atoms with Crippen LogP contribution < -0.4 is 37.6 Å². The summed E-state index contributed by atoms with van der Waals surface area (Å²) in [6.45, 7) is 7.30. The molecule has 2 saturated heterocycles. The first-order chi connectivity index (χ1) is 29.5. The number of carboxylic acid groups (broad SMARTS) is 1. The van der Waals surface area contributed by atoms with E-state index in [9.17, 15) is 48.6 Å². The van der Waals surface area contributed by atoms with Crippen LogP contribution in [0.2, 0.25) is 0 Å². The monoisotopic (exact) mass is 866 g/mol. The van der Waals surface area contributed by atoms with Gasteiger partial charge in [0.1, 0.15) is 42.0 Å². The fourth-order valence-corrected chi connectivity index (χ4v) is 7.40. The molecule has 8 atom stereocenters. The molecule has 0 radical (unpaired) electrons. The molecule has 62 heavy (non-hydrogen) atoms. The number of H-pyrrole nitrogens is 1. The third-order valence-corrected chi connectivity index (χ3v) is 11.4. The van der Waals surface area contributed by atoms with Gasteiger partial charge in [0.05, 0.1) is 12.4 Å². The van der Waals surface area contributed by atoms with Crippen molar-refractivity contribution in [2.24, 2.45) is 17.6 Å². The molecule has 0 spiro atoms. The number of aromatic hydroxyl groups is 1. The van der Waals surface area contributed by atoms with Crippen molar-refractivity contribution >= 4 is 47.3 Å². The lowest BCUT2D eigenvalue weighted by Gasteiger charge is -2.32. The minimum Gasteiger partial charge on any atom is -0.508 e. The predicted molar refractivity (Wildman–Crippen MR) is 224 cm³/mol. The fraction of sp³-hybridized carbons (Fsp3) is 0.595. The highest BCUT2D eigenvalue weighted by Gasteiger charge is 2.41. The number of nitrogens with zero attached hydrogens (tertiary/aromatic N) is 2. The van der Waals surface area contributed by atoms with Crippen LogP contribution in [0.5, 0.6) is 5.75 Å². The molecule has 2 aliphatic rings. The van der Waals surface area contributed by atoms with Crippen molar-refractivity contribution in [1.29, 1.82) is 0 Å². The van der Waals surface area contributed by atoms with Crippen LogP contribution in [0.15, 0.2) is 36.8 Å². The van der Waals surface area contributed by atoms with Crippen LogP contribution in [0.1, 0.15) is 90.3 Å². The van der Waals surface area contributed by atoms with Gasteiger partial charge in [0.2, 0.25) is 41.4 Å². The summed E-state index contributed by atoms with van der Waals surface area (Å²) in [5, 5.41) is 36.1. The highest BCUT2D eigenvalue weighted by molar-refractivity contribution is 5.97. The summed E-state index contributed by atoms with van der Waals surface area (Å²) in [7, 11) is 0. The topological polar surface area (TPSA) is 307 Å². The van der Waals surface area contributed by atoms with Gasteiger partial charge in [0, 0.05) is 44.2 Å². The van der Waals surface area contributed by atoms with Crippen molar-refractivity contribution in [3.05, 3.63) is 48.0 Å². The Balaban J connectivity index is 1.70. The number of aromatic nitrogens is 2. The zero-order valence-corrected chi connectivity index (χ0v) is 35.8. The van der Waals surface area contributed by atoms with E-state index in [-0.39, 0.29) is 57.4 Å². The highest BCUT2D eigenvalue weighted by atomic mass is 16.4. The molecule has 0 saturated carbocycles. The Bertz CT molecular complexity index is 1870. The molecule has 20 heteroatoms. The number of nitrogens with one attached hydrogen (secondary N) is 7. The minimum absolute atomic E-state index is 0.0213. The van der Waals surface area contributed by atoms with Crippen LogP contribution in [0.4, 0.5) is 0 Å². The molecular formula is C42H62N10O10. The Hall–Kier alpha value is -6.05. The van der Waals surface area contributed by atoms with E-state index in [4.69, 9.17) is 5.73 Å². The largest absolute Gasteiger partial charge is 0.508 e. The third kappa shape index (κ3) is 14.0. The average molecular weight is 867 g/mol. The Morgan fingerprint density at radius 2 is 1.48 bits per heavy atom. The molecule has 0 unspecified atom stereocenters. The maximum atomic E-state index is 14.4. The molecule has 3 heterocycles. The van der Waals surface area contributed by atoms with Crippen LogP contribution in [0.3, 0.4) is 0 Å². The van der Waals surface area contributed by atoms with Gasteiger partial charge in [-0.15, -0.1) is 0 Å². The quantitative estimate of drug-likeness (QED) is 0.161. The lowest BCUT2D eigenvalue weighted by atomic mass is 9.96. The standard InChI is InChI=1S/C42H62N10O10/c1-5-24(4)35-40(59)49-31(20-26-21-44-22-46-26)41(60)52-18-8-10-32(52)38(57)47-29(42(61)62)9-6-7-17-45-33(54)16-15-28(43)36(55)50-34(23(2)3)39(58)48-30(37(56)51-35)19-25-11-13-27(53)14-12-25/h11-14,21-24,28-32,34-35,53H,5-10,15-20,43H2,1-4H3,(H,44,46)(H,45,54)(H,47,57)(H,48,58)(H,49,59)(H,50,55)(H,51,56)(H,61,62)/t24-,28-,29-,30-,31-,32-,34-,35-/m0/s1. The van der Waals surface area contributed by atoms with E-state index in [1.165, 1.54) is 29.6 Å². The van der Waals surface area contributed by atoms with Crippen molar-refractivity contribution in [2.75, 3.05) is 13.1 Å².